The molecular weight excluding hydrogens is 428 g/mol. The van der Waals surface area contributed by atoms with Crippen LogP contribution >= 0.6 is 11.8 Å². The maximum atomic E-state index is 12.0. The molecule has 0 amide bonds. The van der Waals surface area contributed by atoms with E-state index in [0.29, 0.717) is 26.1 Å². The van der Waals surface area contributed by atoms with Crippen molar-refractivity contribution < 1.29 is 14.3 Å². The van der Waals surface area contributed by atoms with E-state index in [-0.39, 0.29) is 5.97 Å². The van der Waals surface area contributed by atoms with Crippen LogP contribution in [0.1, 0.15) is 23.1 Å². The van der Waals surface area contributed by atoms with Crippen LogP contribution in [-0.2, 0) is 29.2 Å². The van der Waals surface area contributed by atoms with Crippen molar-refractivity contribution in [3.8, 4) is 5.75 Å². The highest BCUT2D eigenvalue weighted by atomic mass is 32.2. The maximum Gasteiger partial charge on any atom is 0.306 e. The van der Waals surface area contributed by atoms with Crippen molar-refractivity contribution in [2.75, 3.05) is 0 Å². The molecule has 166 valence electrons. The SMILES string of the molecule is O=C(CCc1ccc(Sc2cccc(OCc3ccccc3)c2)cc1)OCc1ccccc1. The molecule has 0 aliphatic carbocycles. The molecule has 0 N–H and O–H groups in total. The zero-order valence-corrected chi connectivity index (χ0v) is 19.2. The Kier molecular flexibility index (Phi) is 8.20. The highest BCUT2D eigenvalue weighted by Crippen LogP contribution is 2.30. The Morgan fingerprint density at radius 1 is 0.636 bits per heavy atom. The zero-order chi connectivity index (χ0) is 22.7. The van der Waals surface area contributed by atoms with Crippen LogP contribution < -0.4 is 4.74 Å². The van der Waals surface area contributed by atoms with Gasteiger partial charge in [0.1, 0.15) is 19.0 Å². The third-order valence-electron chi connectivity index (χ3n) is 5.07. The predicted octanol–water partition coefficient (Wildman–Crippen LogP) is 7.09. The van der Waals surface area contributed by atoms with Gasteiger partial charge in [-0.15, -0.1) is 0 Å². The fourth-order valence-electron chi connectivity index (χ4n) is 3.29. The highest BCUT2D eigenvalue weighted by Gasteiger charge is 2.06. The first kappa shape index (κ1) is 22.7. The fraction of sp³-hybridized carbons (Fsp3) is 0.138. The van der Waals surface area contributed by atoms with Crippen LogP contribution in [-0.4, -0.2) is 5.97 Å². The lowest BCUT2D eigenvalue weighted by atomic mass is 10.1. The van der Waals surface area contributed by atoms with Crippen molar-refractivity contribution in [3.05, 3.63) is 126 Å². The molecule has 4 aromatic carbocycles. The molecule has 0 fully saturated rings. The minimum absolute atomic E-state index is 0.176. The van der Waals surface area contributed by atoms with Crippen molar-refractivity contribution in [2.24, 2.45) is 0 Å². The number of aryl methyl sites for hydroxylation is 1. The molecular formula is C29H26O3S. The number of benzene rings is 4. The summed E-state index contributed by atoms with van der Waals surface area (Å²) in [7, 11) is 0. The smallest absolute Gasteiger partial charge is 0.306 e. The summed E-state index contributed by atoms with van der Waals surface area (Å²) in [4.78, 5) is 14.3. The number of ether oxygens (including phenoxy) is 2. The second kappa shape index (κ2) is 11.9. The van der Waals surface area contributed by atoms with E-state index in [4.69, 9.17) is 9.47 Å². The van der Waals surface area contributed by atoms with Crippen LogP contribution in [0.2, 0.25) is 0 Å². The Labute approximate surface area is 199 Å². The van der Waals surface area contributed by atoms with Gasteiger partial charge in [0.05, 0.1) is 0 Å². The van der Waals surface area contributed by atoms with Crippen molar-refractivity contribution in [3.63, 3.8) is 0 Å². The molecule has 0 bridgehead atoms. The van der Waals surface area contributed by atoms with Crippen LogP contribution in [0.5, 0.6) is 5.75 Å². The molecule has 4 aromatic rings. The molecule has 0 radical (unpaired) electrons. The van der Waals surface area contributed by atoms with Gasteiger partial charge in [0.15, 0.2) is 0 Å². The summed E-state index contributed by atoms with van der Waals surface area (Å²) in [5.41, 5.74) is 3.27. The second-order valence-electron chi connectivity index (χ2n) is 7.64. The van der Waals surface area contributed by atoms with E-state index in [1.165, 1.54) is 0 Å². The molecule has 0 aliphatic rings. The van der Waals surface area contributed by atoms with Gasteiger partial charge in [0, 0.05) is 16.2 Å². The first-order valence-corrected chi connectivity index (χ1v) is 11.8. The van der Waals surface area contributed by atoms with E-state index >= 15 is 0 Å². The lowest BCUT2D eigenvalue weighted by Crippen LogP contribution is -2.05. The summed E-state index contributed by atoms with van der Waals surface area (Å²) < 4.78 is 11.3. The van der Waals surface area contributed by atoms with Crippen LogP contribution in [0, 0.1) is 0 Å². The molecule has 0 saturated carbocycles. The van der Waals surface area contributed by atoms with Crippen molar-refractivity contribution in [2.45, 2.75) is 35.8 Å². The average molecular weight is 455 g/mol. The van der Waals surface area contributed by atoms with Crippen LogP contribution in [0.3, 0.4) is 0 Å². The summed E-state index contributed by atoms with van der Waals surface area (Å²) in [5, 5.41) is 0. The third kappa shape index (κ3) is 7.55. The number of hydrogen-bond donors (Lipinski definition) is 0. The normalized spacial score (nSPS) is 10.5. The van der Waals surface area contributed by atoms with E-state index in [9.17, 15) is 4.79 Å². The molecule has 0 unspecified atom stereocenters. The lowest BCUT2D eigenvalue weighted by Gasteiger charge is -2.09. The third-order valence-corrected chi connectivity index (χ3v) is 6.07. The fourth-order valence-corrected chi connectivity index (χ4v) is 4.15. The second-order valence-corrected chi connectivity index (χ2v) is 8.79. The number of carbonyl (C=O) groups is 1. The van der Waals surface area contributed by atoms with Crippen LogP contribution in [0.25, 0.3) is 0 Å². The Morgan fingerprint density at radius 2 is 1.30 bits per heavy atom. The van der Waals surface area contributed by atoms with Gasteiger partial charge in [-0.1, -0.05) is 90.6 Å². The van der Waals surface area contributed by atoms with Gasteiger partial charge >= 0.3 is 5.97 Å². The van der Waals surface area contributed by atoms with E-state index in [1.54, 1.807) is 11.8 Å². The molecule has 0 aliphatic heterocycles. The highest BCUT2D eigenvalue weighted by molar-refractivity contribution is 7.99. The van der Waals surface area contributed by atoms with Gasteiger partial charge in [-0.25, -0.2) is 0 Å². The van der Waals surface area contributed by atoms with Gasteiger partial charge in [0.25, 0.3) is 0 Å². The molecule has 0 atom stereocenters. The van der Waals surface area contributed by atoms with Gasteiger partial charge in [-0.2, -0.15) is 0 Å². The molecule has 3 nitrogen and oxygen atoms in total. The van der Waals surface area contributed by atoms with Gasteiger partial charge < -0.3 is 9.47 Å². The largest absolute Gasteiger partial charge is 0.489 e. The first-order chi connectivity index (χ1) is 16.2. The molecule has 4 heteroatoms. The van der Waals surface area contributed by atoms with E-state index in [1.807, 2.05) is 60.7 Å². The van der Waals surface area contributed by atoms with Gasteiger partial charge in [-0.05, 0) is 53.4 Å². The van der Waals surface area contributed by atoms with E-state index in [2.05, 4.69) is 48.5 Å². The van der Waals surface area contributed by atoms with Crippen LogP contribution in [0.15, 0.2) is 119 Å². The molecule has 4 rings (SSSR count). The summed E-state index contributed by atoms with van der Waals surface area (Å²) in [6.45, 7) is 0.876. The quantitative estimate of drug-likeness (QED) is 0.240. The zero-order valence-electron chi connectivity index (χ0n) is 18.4. The van der Waals surface area contributed by atoms with E-state index in [0.717, 1.165) is 32.2 Å². The first-order valence-electron chi connectivity index (χ1n) is 11.0. The molecule has 33 heavy (non-hydrogen) atoms. The summed E-state index contributed by atoms with van der Waals surface area (Å²) in [6, 6.07) is 36.3. The Balaban J connectivity index is 1.24. The lowest BCUT2D eigenvalue weighted by molar-refractivity contribution is -0.144. The molecule has 0 saturated heterocycles. The Hall–Kier alpha value is -3.50. The topological polar surface area (TPSA) is 35.5 Å². The summed E-state index contributed by atoms with van der Waals surface area (Å²) in [6.07, 6.45) is 1.04. The van der Waals surface area contributed by atoms with Crippen LogP contribution in [0.4, 0.5) is 0 Å². The van der Waals surface area contributed by atoms with Crippen molar-refractivity contribution in [1.82, 2.24) is 0 Å². The molecule has 0 aromatic heterocycles. The van der Waals surface area contributed by atoms with Crippen molar-refractivity contribution >= 4 is 17.7 Å². The molecule has 0 spiro atoms. The van der Waals surface area contributed by atoms with Gasteiger partial charge in [0.2, 0.25) is 0 Å². The summed E-state index contributed by atoms with van der Waals surface area (Å²) >= 11 is 1.69. The predicted molar refractivity (Wildman–Crippen MR) is 132 cm³/mol. The number of esters is 1. The monoisotopic (exact) mass is 454 g/mol. The Bertz CT molecular complexity index is 1140. The van der Waals surface area contributed by atoms with Crippen molar-refractivity contribution in [1.29, 1.82) is 0 Å². The van der Waals surface area contributed by atoms with E-state index < -0.39 is 0 Å². The minimum Gasteiger partial charge on any atom is -0.489 e. The standard InChI is InChI=1S/C29H26O3S/c30-29(32-22-25-10-5-2-6-11-25)19-16-23-14-17-27(18-15-23)33-28-13-7-12-26(20-28)31-21-24-8-3-1-4-9-24/h1-15,17-18,20H,16,19,21-22H2. The maximum absolute atomic E-state index is 12.0. The average Bonchev–Trinajstić information content (AvgIpc) is 2.87. The summed E-state index contributed by atoms with van der Waals surface area (Å²) in [5.74, 6) is 0.680. The number of rotatable bonds is 10. The minimum atomic E-state index is -0.176. The molecule has 0 heterocycles. The Morgan fingerprint density at radius 3 is 2.00 bits per heavy atom. The number of carbonyl (C=O) groups excluding carboxylic acids is 1. The number of hydrogen-bond acceptors (Lipinski definition) is 4. The van der Waals surface area contributed by atoms with Gasteiger partial charge in [-0.3, -0.25) is 4.79 Å².